The molecule has 0 aliphatic rings. The van der Waals surface area contributed by atoms with Crippen LogP contribution in [0.3, 0.4) is 0 Å². The van der Waals surface area contributed by atoms with Gasteiger partial charge in [-0.1, -0.05) is 27.7 Å². The van der Waals surface area contributed by atoms with E-state index < -0.39 is 0 Å². The van der Waals surface area contributed by atoms with E-state index in [-0.39, 0.29) is 0 Å². The normalized spacial score (nSPS) is 16.7. The van der Waals surface area contributed by atoms with Crippen molar-refractivity contribution in [1.82, 2.24) is 0 Å². The lowest BCUT2D eigenvalue weighted by atomic mass is 9.76. The van der Waals surface area contributed by atoms with Crippen molar-refractivity contribution in [1.29, 1.82) is 0 Å². The maximum Gasteiger partial charge on any atom is 0.0395 e. The van der Waals surface area contributed by atoms with E-state index in [9.17, 15) is 0 Å². The van der Waals surface area contributed by atoms with E-state index in [4.69, 9.17) is 0 Å². The van der Waals surface area contributed by atoms with Gasteiger partial charge in [-0.3, -0.25) is 0 Å². The molecule has 0 saturated carbocycles. The standard InChI is InChI=1S/C11H23NS/c1-7-11(13-6,8-9-12-5)10(2,3)4/h5,7-9H2,1-4,6H3. The van der Waals surface area contributed by atoms with E-state index >= 15 is 0 Å². The van der Waals surface area contributed by atoms with Gasteiger partial charge in [0.05, 0.1) is 0 Å². The van der Waals surface area contributed by atoms with Crippen molar-refractivity contribution in [2.24, 2.45) is 10.4 Å². The number of aliphatic imine (C=N–C) groups is 1. The number of hydrogen-bond acceptors (Lipinski definition) is 2. The van der Waals surface area contributed by atoms with Crippen LogP contribution in [0.2, 0.25) is 0 Å². The monoisotopic (exact) mass is 201 g/mol. The molecule has 78 valence electrons. The van der Waals surface area contributed by atoms with Crippen LogP contribution in [0.25, 0.3) is 0 Å². The summed E-state index contributed by atoms with van der Waals surface area (Å²) in [5.74, 6) is 0. The topological polar surface area (TPSA) is 12.4 Å². The molecule has 0 heterocycles. The third-order valence-electron chi connectivity index (χ3n) is 3.00. The molecular weight excluding hydrogens is 178 g/mol. The van der Waals surface area contributed by atoms with Crippen LogP contribution in [0.5, 0.6) is 0 Å². The fourth-order valence-corrected chi connectivity index (χ4v) is 3.09. The minimum Gasteiger partial charge on any atom is -0.301 e. The Labute approximate surface area is 87.4 Å². The molecule has 0 bridgehead atoms. The Morgan fingerprint density at radius 1 is 1.31 bits per heavy atom. The van der Waals surface area contributed by atoms with Crippen molar-refractivity contribution < 1.29 is 0 Å². The summed E-state index contributed by atoms with van der Waals surface area (Å²) < 4.78 is 0.355. The van der Waals surface area contributed by atoms with Crippen LogP contribution in [0.15, 0.2) is 4.99 Å². The van der Waals surface area contributed by atoms with Gasteiger partial charge in [-0.15, -0.1) is 0 Å². The first-order valence-corrected chi connectivity index (χ1v) is 6.13. The summed E-state index contributed by atoms with van der Waals surface area (Å²) >= 11 is 1.98. The maximum atomic E-state index is 3.97. The highest BCUT2D eigenvalue weighted by Gasteiger charge is 2.38. The van der Waals surface area contributed by atoms with Crippen LogP contribution in [0.4, 0.5) is 0 Å². The summed E-state index contributed by atoms with van der Waals surface area (Å²) in [6.07, 6.45) is 4.54. The highest BCUT2D eigenvalue weighted by atomic mass is 32.2. The Morgan fingerprint density at radius 2 is 1.85 bits per heavy atom. The van der Waals surface area contributed by atoms with Gasteiger partial charge in [0.25, 0.3) is 0 Å². The maximum absolute atomic E-state index is 3.97. The molecule has 0 N–H and O–H groups in total. The van der Waals surface area contributed by atoms with Gasteiger partial charge in [0, 0.05) is 11.3 Å². The van der Waals surface area contributed by atoms with Gasteiger partial charge >= 0.3 is 0 Å². The van der Waals surface area contributed by atoms with Crippen molar-refractivity contribution in [3.63, 3.8) is 0 Å². The summed E-state index contributed by atoms with van der Waals surface area (Å²) in [6.45, 7) is 13.7. The van der Waals surface area contributed by atoms with Gasteiger partial charge in [0.1, 0.15) is 0 Å². The summed E-state index contributed by atoms with van der Waals surface area (Å²) in [5.41, 5.74) is 0.339. The Morgan fingerprint density at radius 3 is 2.08 bits per heavy atom. The molecule has 1 atom stereocenters. The van der Waals surface area contributed by atoms with E-state index in [2.05, 4.69) is 45.7 Å². The first kappa shape index (κ1) is 13.0. The minimum atomic E-state index is 0.339. The fourth-order valence-electron chi connectivity index (χ4n) is 1.89. The van der Waals surface area contributed by atoms with Crippen molar-refractivity contribution in [3.05, 3.63) is 0 Å². The van der Waals surface area contributed by atoms with E-state index in [1.807, 2.05) is 11.8 Å². The van der Waals surface area contributed by atoms with Gasteiger partial charge in [-0.05, 0) is 31.2 Å². The van der Waals surface area contributed by atoms with Gasteiger partial charge < -0.3 is 4.99 Å². The molecule has 0 rings (SSSR count). The van der Waals surface area contributed by atoms with E-state index in [1.54, 1.807) is 0 Å². The largest absolute Gasteiger partial charge is 0.301 e. The molecule has 0 aliphatic carbocycles. The zero-order chi connectivity index (χ0) is 10.5. The van der Waals surface area contributed by atoms with E-state index in [1.165, 1.54) is 6.42 Å². The van der Waals surface area contributed by atoms with Gasteiger partial charge in [0.15, 0.2) is 0 Å². The second-order valence-electron chi connectivity index (χ2n) is 4.50. The van der Waals surface area contributed by atoms with Crippen molar-refractivity contribution in [3.8, 4) is 0 Å². The molecule has 2 heteroatoms. The molecule has 0 amide bonds. The number of nitrogens with zero attached hydrogens (tertiary/aromatic N) is 1. The summed E-state index contributed by atoms with van der Waals surface area (Å²) in [7, 11) is 0. The van der Waals surface area contributed by atoms with Crippen LogP contribution >= 0.6 is 11.8 Å². The number of thioether (sulfide) groups is 1. The molecule has 1 unspecified atom stereocenters. The van der Waals surface area contributed by atoms with Crippen molar-refractivity contribution in [2.75, 3.05) is 12.8 Å². The molecule has 0 spiro atoms. The Balaban J connectivity index is 4.59. The molecule has 0 aromatic rings. The quantitative estimate of drug-likeness (QED) is 0.619. The van der Waals surface area contributed by atoms with Crippen LogP contribution in [0.1, 0.15) is 40.5 Å². The molecule has 0 aromatic carbocycles. The van der Waals surface area contributed by atoms with E-state index in [0.717, 1.165) is 13.0 Å². The van der Waals surface area contributed by atoms with Crippen LogP contribution in [-0.4, -0.2) is 24.3 Å². The third-order valence-corrected chi connectivity index (χ3v) is 4.89. The second kappa shape index (κ2) is 5.04. The molecule has 0 aromatic heterocycles. The van der Waals surface area contributed by atoms with Gasteiger partial charge in [-0.2, -0.15) is 11.8 Å². The lowest BCUT2D eigenvalue weighted by Crippen LogP contribution is -2.39. The molecule has 0 aliphatic heterocycles. The zero-order valence-electron chi connectivity index (χ0n) is 9.68. The molecule has 1 nitrogen and oxygen atoms in total. The van der Waals surface area contributed by atoms with Crippen LogP contribution in [0, 0.1) is 5.41 Å². The van der Waals surface area contributed by atoms with Crippen molar-refractivity contribution >= 4 is 18.5 Å². The predicted octanol–water partition coefficient (Wildman–Crippen LogP) is 3.64. The molecule has 0 fully saturated rings. The molecular formula is C11H23NS. The number of rotatable bonds is 5. The second-order valence-corrected chi connectivity index (χ2v) is 5.69. The predicted molar refractivity (Wildman–Crippen MR) is 65.0 cm³/mol. The molecule has 0 radical (unpaired) electrons. The fraction of sp³-hybridized carbons (Fsp3) is 0.909. The highest BCUT2D eigenvalue weighted by molar-refractivity contribution is 8.00. The average Bonchev–Trinajstić information content (AvgIpc) is 2.05. The molecule has 0 saturated heterocycles. The lowest BCUT2D eigenvalue weighted by Gasteiger charge is -2.43. The minimum absolute atomic E-state index is 0.339. The Kier molecular flexibility index (Phi) is 5.05. The van der Waals surface area contributed by atoms with Crippen molar-refractivity contribution in [2.45, 2.75) is 45.3 Å². The third kappa shape index (κ3) is 3.01. The summed E-state index contributed by atoms with van der Waals surface area (Å²) in [4.78, 5) is 3.97. The Hall–Kier alpha value is 0.0200. The Bertz CT molecular complexity index is 154. The zero-order valence-corrected chi connectivity index (χ0v) is 10.5. The summed E-state index contributed by atoms with van der Waals surface area (Å²) in [6, 6.07) is 0. The van der Waals surface area contributed by atoms with E-state index in [0.29, 0.717) is 10.2 Å². The van der Waals surface area contributed by atoms with Crippen LogP contribution in [-0.2, 0) is 0 Å². The molecule has 13 heavy (non-hydrogen) atoms. The van der Waals surface area contributed by atoms with Gasteiger partial charge in [-0.25, -0.2) is 0 Å². The first-order valence-electron chi connectivity index (χ1n) is 4.91. The SMILES string of the molecule is C=NCCC(CC)(SC)C(C)(C)C. The lowest BCUT2D eigenvalue weighted by molar-refractivity contribution is 0.261. The average molecular weight is 201 g/mol. The number of hydrogen-bond donors (Lipinski definition) is 0. The van der Waals surface area contributed by atoms with Crippen LogP contribution < -0.4 is 0 Å². The first-order chi connectivity index (χ1) is 5.93. The smallest absolute Gasteiger partial charge is 0.0395 e. The van der Waals surface area contributed by atoms with Gasteiger partial charge in [0.2, 0.25) is 0 Å². The summed E-state index contributed by atoms with van der Waals surface area (Å²) in [5, 5.41) is 0. The highest BCUT2D eigenvalue weighted by Crippen LogP contribution is 2.45.